The second-order valence-corrected chi connectivity index (χ2v) is 6.11. The molecule has 1 atom stereocenters. The van der Waals surface area contributed by atoms with E-state index < -0.39 is 6.10 Å². The molecule has 0 bridgehead atoms. The molecule has 0 saturated carbocycles. The van der Waals surface area contributed by atoms with Crippen molar-refractivity contribution < 1.29 is 14.6 Å². The molecule has 0 spiro atoms. The van der Waals surface area contributed by atoms with Crippen molar-refractivity contribution in [2.45, 2.75) is 20.0 Å². The van der Waals surface area contributed by atoms with Crippen LogP contribution in [0.1, 0.15) is 19.4 Å². The van der Waals surface area contributed by atoms with Gasteiger partial charge in [-0.3, -0.25) is 4.90 Å². The van der Waals surface area contributed by atoms with Crippen molar-refractivity contribution >= 4 is 6.08 Å². The second-order valence-electron chi connectivity index (χ2n) is 6.11. The molecule has 0 radical (unpaired) electrons. The quantitative estimate of drug-likeness (QED) is 0.789. The molecule has 5 nitrogen and oxygen atoms in total. The van der Waals surface area contributed by atoms with Gasteiger partial charge in [0.2, 0.25) is 0 Å². The van der Waals surface area contributed by atoms with Crippen LogP contribution >= 0.6 is 0 Å². The zero-order valence-electron chi connectivity index (χ0n) is 15.1. The van der Waals surface area contributed by atoms with Gasteiger partial charge in [-0.05, 0) is 31.2 Å². The third-order valence-corrected chi connectivity index (χ3v) is 4.36. The first kappa shape index (κ1) is 18.8. The highest BCUT2D eigenvalue weighted by atomic mass is 16.5. The lowest BCUT2D eigenvalue weighted by Gasteiger charge is -2.34. The topological polar surface area (TPSA) is 45.2 Å². The number of benzene rings is 1. The van der Waals surface area contributed by atoms with Gasteiger partial charge in [0.1, 0.15) is 12.7 Å². The molecule has 1 aromatic rings. The number of hydrogen-bond donors (Lipinski definition) is 1. The minimum absolute atomic E-state index is 0.271. The number of methoxy groups -OCH3 is 1. The second kappa shape index (κ2) is 9.67. The van der Waals surface area contributed by atoms with Crippen LogP contribution < -0.4 is 9.47 Å². The fourth-order valence-electron chi connectivity index (χ4n) is 2.92. The lowest BCUT2D eigenvalue weighted by molar-refractivity contribution is 0.0464. The predicted octanol–water partition coefficient (Wildman–Crippen LogP) is 2.11. The smallest absolute Gasteiger partial charge is 0.161 e. The summed E-state index contributed by atoms with van der Waals surface area (Å²) in [6.07, 6.45) is 3.49. The fourth-order valence-corrected chi connectivity index (χ4v) is 2.92. The Morgan fingerprint density at radius 1 is 1.17 bits per heavy atom. The molecule has 134 valence electrons. The number of nitrogens with zero attached hydrogens (tertiary/aromatic N) is 2. The average Bonchev–Trinajstić information content (AvgIpc) is 2.61. The Kier molecular flexibility index (Phi) is 7.56. The molecule has 1 heterocycles. The summed E-state index contributed by atoms with van der Waals surface area (Å²) in [5, 5.41) is 10.3. The summed E-state index contributed by atoms with van der Waals surface area (Å²) in [6, 6.07) is 5.81. The molecule has 5 heteroatoms. The molecule has 1 aliphatic heterocycles. The Labute approximate surface area is 145 Å². The van der Waals surface area contributed by atoms with Gasteiger partial charge in [0.15, 0.2) is 11.5 Å². The largest absolute Gasteiger partial charge is 0.493 e. The monoisotopic (exact) mass is 334 g/mol. The maximum atomic E-state index is 10.3. The van der Waals surface area contributed by atoms with E-state index in [9.17, 15) is 5.11 Å². The van der Waals surface area contributed by atoms with Crippen molar-refractivity contribution in [3.8, 4) is 11.5 Å². The number of aliphatic hydroxyl groups is 1. The molecular weight excluding hydrogens is 304 g/mol. The molecule has 1 aromatic carbocycles. The standard InChI is InChI=1S/C19H30N2O3/c1-4-6-16-7-8-18(19(13-16)23-3)24-15-17(22)14-21-11-9-20(5-2)10-12-21/h4,6-8,13,17,22H,5,9-12,14-15H2,1-3H3. The first-order chi connectivity index (χ1) is 11.7. The van der Waals surface area contributed by atoms with Crippen molar-refractivity contribution in [3.05, 3.63) is 29.8 Å². The maximum absolute atomic E-state index is 10.3. The minimum atomic E-state index is -0.502. The van der Waals surface area contributed by atoms with E-state index in [0.717, 1.165) is 38.3 Å². The van der Waals surface area contributed by atoms with Crippen LogP contribution in [0.5, 0.6) is 11.5 Å². The highest BCUT2D eigenvalue weighted by Gasteiger charge is 2.18. The van der Waals surface area contributed by atoms with E-state index in [-0.39, 0.29) is 6.61 Å². The summed E-state index contributed by atoms with van der Waals surface area (Å²) in [6.45, 7) is 10.3. The first-order valence-electron chi connectivity index (χ1n) is 8.72. The Morgan fingerprint density at radius 3 is 2.50 bits per heavy atom. The SMILES string of the molecule is CC=Cc1ccc(OCC(O)CN2CCN(CC)CC2)c(OC)c1. The van der Waals surface area contributed by atoms with Crippen LogP contribution in [0.3, 0.4) is 0 Å². The molecule has 1 saturated heterocycles. The summed E-state index contributed by atoms with van der Waals surface area (Å²) >= 11 is 0. The molecule has 2 rings (SSSR count). The number of likely N-dealkylation sites (N-methyl/N-ethyl adjacent to an activating group) is 1. The molecule has 1 fully saturated rings. The zero-order valence-corrected chi connectivity index (χ0v) is 15.1. The lowest BCUT2D eigenvalue weighted by atomic mass is 10.2. The van der Waals surface area contributed by atoms with Gasteiger partial charge in [-0.2, -0.15) is 0 Å². The van der Waals surface area contributed by atoms with Gasteiger partial charge in [0.05, 0.1) is 7.11 Å². The van der Waals surface area contributed by atoms with E-state index in [2.05, 4.69) is 16.7 Å². The van der Waals surface area contributed by atoms with Gasteiger partial charge < -0.3 is 19.5 Å². The van der Waals surface area contributed by atoms with Gasteiger partial charge in [0, 0.05) is 32.7 Å². The molecule has 0 amide bonds. The highest BCUT2D eigenvalue weighted by molar-refractivity contribution is 5.55. The summed E-state index contributed by atoms with van der Waals surface area (Å²) in [5.74, 6) is 1.36. The van der Waals surface area contributed by atoms with Crippen LogP contribution in [0.15, 0.2) is 24.3 Å². The van der Waals surface area contributed by atoms with Crippen LogP contribution in [-0.4, -0.2) is 74.0 Å². The lowest BCUT2D eigenvalue weighted by Crippen LogP contribution is -2.49. The number of rotatable bonds is 8. The normalized spacial score (nSPS) is 18.0. The van der Waals surface area contributed by atoms with E-state index in [1.54, 1.807) is 7.11 Å². The number of β-amino-alcohol motifs (C(OH)–C–C–N with tert-alkyl or cyclic N) is 1. The van der Waals surface area contributed by atoms with E-state index in [1.807, 2.05) is 37.3 Å². The summed E-state index contributed by atoms with van der Waals surface area (Å²) in [7, 11) is 1.63. The summed E-state index contributed by atoms with van der Waals surface area (Å²) < 4.78 is 11.2. The molecule has 1 unspecified atom stereocenters. The van der Waals surface area contributed by atoms with Crippen LogP contribution in [-0.2, 0) is 0 Å². The van der Waals surface area contributed by atoms with E-state index in [1.165, 1.54) is 0 Å². The van der Waals surface area contributed by atoms with Crippen LogP contribution in [0.2, 0.25) is 0 Å². The molecular formula is C19H30N2O3. The molecule has 1 aliphatic rings. The Hall–Kier alpha value is -1.56. The number of ether oxygens (including phenoxy) is 2. The van der Waals surface area contributed by atoms with Crippen molar-refractivity contribution in [3.63, 3.8) is 0 Å². The molecule has 24 heavy (non-hydrogen) atoms. The average molecular weight is 334 g/mol. The van der Waals surface area contributed by atoms with Gasteiger partial charge in [-0.15, -0.1) is 0 Å². The van der Waals surface area contributed by atoms with Gasteiger partial charge in [-0.1, -0.05) is 25.1 Å². The molecule has 0 aliphatic carbocycles. The molecule has 1 N–H and O–H groups in total. The third-order valence-electron chi connectivity index (χ3n) is 4.36. The predicted molar refractivity (Wildman–Crippen MR) is 97.8 cm³/mol. The molecule has 0 aromatic heterocycles. The van der Waals surface area contributed by atoms with Gasteiger partial charge in [0.25, 0.3) is 0 Å². The van der Waals surface area contributed by atoms with Crippen molar-refractivity contribution in [1.29, 1.82) is 0 Å². The van der Waals surface area contributed by atoms with Crippen LogP contribution in [0.25, 0.3) is 6.08 Å². The van der Waals surface area contributed by atoms with E-state index in [0.29, 0.717) is 18.0 Å². The summed E-state index contributed by atoms with van der Waals surface area (Å²) in [5.41, 5.74) is 1.07. The minimum Gasteiger partial charge on any atom is -0.493 e. The third kappa shape index (κ3) is 5.51. The fraction of sp³-hybridized carbons (Fsp3) is 0.579. The maximum Gasteiger partial charge on any atom is 0.161 e. The number of hydrogen-bond acceptors (Lipinski definition) is 5. The van der Waals surface area contributed by atoms with E-state index in [4.69, 9.17) is 9.47 Å². The summed E-state index contributed by atoms with van der Waals surface area (Å²) in [4.78, 5) is 4.73. The number of aliphatic hydroxyl groups excluding tert-OH is 1. The van der Waals surface area contributed by atoms with E-state index >= 15 is 0 Å². The van der Waals surface area contributed by atoms with Crippen LogP contribution in [0, 0.1) is 0 Å². The Balaban J connectivity index is 1.82. The Bertz CT molecular complexity index is 525. The van der Waals surface area contributed by atoms with Crippen molar-refractivity contribution in [2.75, 3.05) is 53.0 Å². The first-order valence-corrected chi connectivity index (χ1v) is 8.72. The van der Waals surface area contributed by atoms with Crippen molar-refractivity contribution in [2.24, 2.45) is 0 Å². The van der Waals surface area contributed by atoms with Crippen molar-refractivity contribution in [1.82, 2.24) is 9.80 Å². The van der Waals surface area contributed by atoms with Gasteiger partial charge >= 0.3 is 0 Å². The zero-order chi connectivity index (χ0) is 17.4. The number of allylic oxidation sites excluding steroid dienone is 1. The van der Waals surface area contributed by atoms with Crippen LogP contribution in [0.4, 0.5) is 0 Å². The number of piperazine rings is 1. The highest BCUT2D eigenvalue weighted by Crippen LogP contribution is 2.28. The van der Waals surface area contributed by atoms with Gasteiger partial charge in [-0.25, -0.2) is 0 Å². The Morgan fingerprint density at radius 2 is 1.88 bits per heavy atom.